The number of hydrogen-bond donors (Lipinski definition) is 1. The molecule has 0 amide bonds. The fourth-order valence-electron chi connectivity index (χ4n) is 1.35. The van der Waals surface area contributed by atoms with E-state index in [1.54, 1.807) is 12.3 Å². The van der Waals surface area contributed by atoms with Gasteiger partial charge in [-0.15, -0.1) is 0 Å². The summed E-state index contributed by atoms with van der Waals surface area (Å²) in [6.07, 6.45) is 1.70. The van der Waals surface area contributed by atoms with Gasteiger partial charge in [0.25, 0.3) is 0 Å². The van der Waals surface area contributed by atoms with Crippen LogP contribution in [0.15, 0.2) is 46.5 Å². The summed E-state index contributed by atoms with van der Waals surface area (Å²) in [4.78, 5) is 15.4. The number of aromatic nitrogens is 1. The maximum Gasteiger partial charge on any atom is 0.340 e. The van der Waals surface area contributed by atoms with Crippen LogP contribution in [0.25, 0.3) is 0 Å². The van der Waals surface area contributed by atoms with Crippen LogP contribution < -0.4 is 0 Å². The fraction of sp³-hybridized carbons (Fsp3) is 0.0833. The van der Waals surface area contributed by atoms with E-state index in [4.69, 9.17) is 16.3 Å². The Bertz CT molecular complexity index is 539. The van der Waals surface area contributed by atoms with Gasteiger partial charge in [0.05, 0.1) is 22.7 Å². The van der Waals surface area contributed by atoms with Gasteiger partial charge < -0.3 is 9.72 Å². The molecule has 0 spiro atoms. The highest BCUT2D eigenvalue weighted by molar-refractivity contribution is 7.99. The molecule has 0 unspecified atom stereocenters. The van der Waals surface area contributed by atoms with Crippen LogP contribution in [0.4, 0.5) is 0 Å². The molecule has 2 rings (SSSR count). The lowest BCUT2D eigenvalue weighted by Gasteiger charge is -2.04. The summed E-state index contributed by atoms with van der Waals surface area (Å²) in [6.45, 7) is 0. The number of esters is 1. The number of hydrogen-bond acceptors (Lipinski definition) is 3. The van der Waals surface area contributed by atoms with Crippen LogP contribution >= 0.6 is 23.4 Å². The van der Waals surface area contributed by atoms with Crippen LogP contribution in [0.3, 0.4) is 0 Å². The molecule has 1 aromatic heterocycles. The van der Waals surface area contributed by atoms with Crippen LogP contribution in [-0.2, 0) is 4.74 Å². The standard InChI is InChI=1S/C12H10ClNO2S/c1-16-12(15)8-6-7-14-11(8)17-10-5-3-2-4-9(10)13/h2-7,14H,1H3. The van der Waals surface area contributed by atoms with Crippen molar-refractivity contribution in [2.45, 2.75) is 9.92 Å². The summed E-state index contributed by atoms with van der Waals surface area (Å²) in [6, 6.07) is 9.15. The Kier molecular flexibility index (Phi) is 3.76. The SMILES string of the molecule is COC(=O)c1cc[nH]c1Sc1ccccc1Cl. The molecule has 0 saturated carbocycles. The summed E-state index contributed by atoms with van der Waals surface area (Å²) in [5, 5.41) is 1.38. The van der Waals surface area contributed by atoms with Crippen molar-refractivity contribution in [2.75, 3.05) is 7.11 Å². The molecule has 0 aliphatic heterocycles. The van der Waals surface area contributed by atoms with E-state index in [1.807, 2.05) is 24.3 Å². The number of methoxy groups -OCH3 is 1. The molecular formula is C12H10ClNO2S. The second kappa shape index (κ2) is 5.29. The molecule has 2 aromatic rings. The fourth-order valence-corrected chi connectivity index (χ4v) is 2.52. The minimum atomic E-state index is -0.360. The molecule has 1 heterocycles. The molecular weight excluding hydrogens is 258 g/mol. The smallest absolute Gasteiger partial charge is 0.340 e. The largest absolute Gasteiger partial charge is 0.465 e. The Morgan fingerprint density at radius 1 is 1.35 bits per heavy atom. The van der Waals surface area contributed by atoms with Crippen LogP contribution in [-0.4, -0.2) is 18.1 Å². The number of carbonyl (C=O) groups excluding carboxylic acids is 1. The third-order valence-electron chi connectivity index (χ3n) is 2.16. The van der Waals surface area contributed by atoms with Crippen LogP contribution in [0, 0.1) is 0 Å². The average molecular weight is 268 g/mol. The number of nitrogens with one attached hydrogen (secondary N) is 1. The third kappa shape index (κ3) is 2.65. The van der Waals surface area contributed by atoms with E-state index < -0.39 is 0 Å². The van der Waals surface area contributed by atoms with Gasteiger partial charge in [0, 0.05) is 11.1 Å². The number of halogens is 1. The number of rotatable bonds is 3. The normalized spacial score (nSPS) is 10.2. The first-order valence-corrected chi connectivity index (χ1v) is 6.10. The molecule has 0 aliphatic carbocycles. The molecule has 0 radical (unpaired) electrons. The Hall–Kier alpha value is -1.39. The van der Waals surface area contributed by atoms with E-state index in [0.717, 1.165) is 9.92 Å². The van der Waals surface area contributed by atoms with Gasteiger partial charge in [-0.25, -0.2) is 4.79 Å². The molecule has 88 valence electrons. The van der Waals surface area contributed by atoms with Crippen molar-refractivity contribution in [2.24, 2.45) is 0 Å². The van der Waals surface area contributed by atoms with E-state index in [0.29, 0.717) is 10.6 Å². The van der Waals surface area contributed by atoms with Gasteiger partial charge >= 0.3 is 5.97 Å². The molecule has 0 fully saturated rings. The number of ether oxygens (including phenoxy) is 1. The maximum absolute atomic E-state index is 11.5. The van der Waals surface area contributed by atoms with Crippen molar-refractivity contribution in [1.82, 2.24) is 4.98 Å². The van der Waals surface area contributed by atoms with Crippen molar-refractivity contribution in [1.29, 1.82) is 0 Å². The van der Waals surface area contributed by atoms with Crippen LogP contribution in [0.5, 0.6) is 0 Å². The molecule has 5 heteroatoms. The minimum Gasteiger partial charge on any atom is -0.465 e. The summed E-state index contributed by atoms with van der Waals surface area (Å²) >= 11 is 7.46. The number of carbonyl (C=O) groups is 1. The Labute approximate surface area is 108 Å². The Morgan fingerprint density at radius 2 is 2.12 bits per heavy atom. The second-order valence-corrected chi connectivity index (χ2v) is 4.70. The van der Waals surface area contributed by atoms with Gasteiger partial charge in [-0.3, -0.25) is 0 Å². The first-order chi connectivity index (χ1) is 8.22. The number of aromatic amines is 1. The molecule has 0 aliphatic rings. The molecule has 0 atom stereocenters. The maximum atomic E-state index is 11.5. The van der Waals surface area contributed by atoms with Gasteiger partial charge in [-0.1, -0.05) is 35.5 Å². The van der Waals surface area contributed by atoms with Crippen molar-refractivity contribution in [3.05, 3.63) is 47.1 Å². The zero-order valence-electron chi connectivity index (χ0n) is 9.07. The highest BCUT2D eigenvalue weighted by atomic mass is 35.5. The molecule has 0 bridgehead atoms. The molecule has 0 saturated heterocycles. The second-order valence-electron chi connectivity index (χ2n) is 3.24. The van der Waals surface area contributed by atoms with Gasteiger partial charge in [0.15, 0.2) is 0 Å². The van der Waals surface area contributed by atoms with E-state index >= 15 is 0 Å². The monoisotopic (exact) mass is 267 g/mol. The van der Waals surface area contributed by atoms with E-state index in [-0.39, 0.29) is 5.97 Å². The zero-order valence-corrected chi connectivity index (χ0v) is 10.6. The molecule has 1 aromatic carbocycles. The lowest BCUT2D eigenvalue weighted by atomic mass is 10.3. The van der Waals surface area contributed by atoms with Gasteiger partial charge in [0.1, 0.15) is 0 Å². The van der Waals surface area contributed by atoms with Crippen molar-refractivity contribution in [3.8, 4) is 0 Å². The third-order valence-corrected chi connectivity index (χ3v) is 3.72. The predicted octanol–water partition coefficient (Wildman–Crippen LogP) is 3.61. The van der Waals surface area contributed by atoms with Gasteiger partial charge in [-0.2, -0.15) is 0 Å². The average Bonchev–Trinajstić information content (AvgIpc) is 2.79. The summed E-state index contributed by atoms with van der Waals surface area (Å²) < 4.78 is 4.70. The lowest BCUT2D eigenvalue weighted by molar-refractivity contribution is 0.0597. The van der Waals surface area contributed by atoms with E-state index in [1.165, 1.54) is 18.9 Å². The summed E-state index contributed by atoms with van der Waals surface area (Å²) in [7, 11) is 1.36. The van der Waals surface area contributed by atoms with Crippen LogP contribution in [0.1, 0.15) is 10.4 Å². The molecule has 1 N–H and O–H groups in total. The summed E-state index contributed by atoms with van der Waals surface area (Å²) in [5.41, 5.74) is 0.511. The van der Waals surface area contributed by atoms with Gasteiger partial charge in [-0.05, 0) is 18.2 Å². The number of benzene rings is 1. The lowest BCUT2D eigenvalue weighted by Crippen LogP contribution is -2.00. The first kappa shape index (κ1) is 12.1. The zero-order chi connectivity index (χ0) is 12.3. The van der Waals surface area contributed by atoms with Crippen molar-refractivity contribution in [3.63, 3.8) is 0 Å². The van der Waals surface area contributed by atoms with Gasteiger partial charge in [0.2, 0.25) is 0 Å². The topological polar surface area (TPSA) is 42.1 Å². The van der Waals surface area contributed by atoms with Crippen molar-refractivity contribution >= 4 is 29.3 Å². The van der Waals surface area contributed by atoms with E-state index in [9.17, 15) is 4.79 Å². The van der Waals surface area contributed by atoms with Crippen molar-refractivity contribution < 1.29 is 9.53 Å². The predicted molar refractivity (Wildman–Crippen MR) is 67.7 cm³/mol. The number of H-pyrrole nitrogens is 1. The first-order valence-electron chi connectivity index (χ1n) is 4.90. The quantitative estimate of drug-likeness (QED) is 0.864. The Balaban J connectivity index is 2.28. The van der Waals surface area contributed by atoms with E-state index in [2.05, 4.69) is 4.98 Å². The molecule has 3 nitrogen and oxygen atoms in total. The minimum absolute atomic E-state index is 0.360. The highest BCUT2D eigenvalue weighted by Gasteiger charge is 2.14. The molecule has 17 heavy (non-hydrogen) atoms. The van der Waals surface area contributed by atoms with Crippen LogP contribution in [0.2, 0.25) is 5.02 Å². The highest BCUT2D eigenvalue weighted by Crippen LogP contribution is 2.34. The summed E-state index contributed by atoms with van der Waals surface area (Å²) in [5.74, 6) is -0.360. The Morgan fingerprint density at radius 3 is 2.82 bits per heavy atom.